The minimum atomic E-state index is 0.365. The Kier molecular flexibility index (Phi) is 6.89. The number of thiazole rings is 1. The van der Waals surface area contributed by atoms with Gasteiger partial charge in [0, 0.05) is 22.5 Å². The van der Waals surface area contributed by atoms with Gasteiger partial charge in [-0.05, 0) is 36.8 Å². The highest BCUT2D eigenvalue weighted by molar-refractivity contribution is 7.15. The summed E-state index contributed by atoms with van der Waals surface area (Å²) < 4.78 is 11.1. The fraction of sp³-hybridized carbons (Fsp3) is 0.550. The molecule has 4 N–H and O–H groups in total. The van der Waals surface area contributed by atoms with E-state index in [2.05, 4.69) is 25.8 Å². The van der Waals surface area contributed by atoms with Gasteiger partial charge in [-0.2, -0.15) is 0 Å². The van der Waals surface area contributed by atoms with Crippen LogP contribution in [0.2, 0.25) is 0 Å². The number of nitrogens with two attached hydrogens (primary N) is 2. The number of nitrogen functional groups attached to an aromatic ring is 1. The van der Waals surface area contributed by atoms with Gasteiger partial charge in [-0.3, -0.25) is 0 Å². The molecule has 1 aromatic carbocycles. The zero-order valence-corrected chi connectivity index (χ0v) is 17.3. The second-order valence-corrected chi connectivity index (χ2v) is 8.78. The number of hydrogen-bond acceptors (Lipinski definition) is 6. The molecule has 1 aromatic heterocycles. The van der Waals surface area contributed by atoms with Crippen molar-refractivity contribution in [3.05, 3.63) is 22.6 Å². The molecule has 6 heteroatoms. The third kappa shape index (κ3) is 5.11. The number of aryl methyl sites for hydroxylation is 1. The van der Waals surface area contributed by atoms with Crippen molar-refractivity contribution in [2.24, 2.45) is 11.1 Å². The van der Waals surface area contributed by atoms with Gasteiger partial charge in [0.05, 0.1) is 19.9 Å². The molecule has 0 atom stereocenters. The number of hydrogen-bond donors (Lipinski definition) is 2. The summed E-state index contributed by atoms with van der Waals surface area (Å²) >= 11 is 1.56. The summed E-state index contributed by atoms with van der Waals surface area (Å²) in [7, 11) is 3.30. The van der Waals surface area contributed by atoms with Crippen LogP contribution >= 0.6 is 11.3 Å². The first kappa shape index (κ1) is 20.5. The van der Waals surface area contributed by atoms with Crippen LogP contribution in [0.15, 0.2) is 12.1 Å². The number of nitrogens with zero attached hydrogens (tertiary/aromatic N) is 1. The fourth-order valence-electron chi connectivity index (χ4n) is 3.00. The van der Waals surface area contributed by atoms with Crippen molar-refractivity contribution >= 4 is 16.5 Å². The van der Waals surface area contributed by atoms with Crippen LogP contribution in [0.5, 0.6) is 11.5 Å². The normalized spacial score (nSPS) is 11.6. The number of benzene rings is 1. The van der Waals surface area contributed by atoms with Crippen molar-refractivity contribution in [1.82, 2.24) is 4.98 Å². The van der Waals surface area contributed by atoms with E-state index in [1.165, 1.54) is 17.7 Å². The van der Waals surface area contributed by atoms with Crippen molar-refractivity contribution in [3.8, 4) is 22.8 Å². The van der Waals surface area contributed by atoms with Crippen LogP contribution in [0.1, 0.15) is 50.5 Å². The van der Waals surface area contributed by atoms with Gasteiger partial charge < -0.3 is 20.9 Å². The van der Waals surface area contributed by atoms with Crippen LogP contribution in [-0.4, -0.2) is 19.2 Å². The lowest BCUT2D eigenvalue weighted by Crippen LogP contribution is -2.04. The molecule has 2 aromatic rings. The lowest BCUT2D eigenvalue weighted by Gasteiger charge is -2.17. The van der Waals surface area contributed by atoms with Crippen molar-refractivity contribution in [1.29, 1.82) is 0 Å². The molecule has 0 aliphatic rings. The van der Waals surface area contributed by atoms with Crippen LogP contribution in [0.25, 0.3) is 11.3 Å². The summed E-state index contributed by atoms with van der Waals surface area (Å²) in [5.74, 6) is 1.49. The van der Waals surface area contributed by atoms with E-state index in [0.29, 0.717) is 17.1 Å². The Morgan fingerprint density at radius 3 is 2.35 bits per heavy atom. The third-order valence-electron chi connectivity index (χ3n) is 4.37. The second kappa shape index (κ2) is 8.73. The molecule has 0 saturated carbocycles. The number of methoxy groups -OCH3 is 2. The minimum absolute atomic E-state index is 0.365. The molecule has 144 valence electrons. The zero-order valence-electron chi connectivity index (χ0n) is 16.5. The highest BCUT2D eigenvalue weighted by Gasteiger charge is 2.19. The lowest BCUT2D eigenvalue weighted by atomic mass is 9.89. The molecule has 0 unspecified atom stereocenters. The van der Waals surface area contributed by atoms with E-state index >= 15 is 0 Å². The molecule has 0 aliphatic carbocycles. The van der Waals surface area contributed by atoms with E-state index in [9.17, 15) is 0 Å². The van der Waals surface area contributed by atoms with E-state index in [-0.39, 0.29) is 0 Å². The first-order chi connectivity index (χ1) is 12.3. The Morgan fingerprint density at radius 1 is 1.08 bits per heavy atom. The van der Waals surface area contributed by atoms with Gasteiger partial charge in [-0.25, -0.2) is 4.98 Å². The van der Waals surface area contributed by atoms with Crippen molar-refractivity contribution in [3.63, 3.8) is 0 Å². The highest BCUT2D eigenvalue weighted by atomic mass is 32.1. The lowest BCUT2D eigenvalue weighted by molar-refractivity contribution is 0.360. The molecule has 0 spiro atoms. The number of rotatable bonds is 8. The quantitative estimate of drug-likeness (QED) is 0.655. The highest BCUT2D eigenvalue weighted by Crippen LogP contribution is 2.40. The number of unbranched alkanes of at least 4 members (excludes halogenated alkanes) is 1. The van der Waals surface area contributed by atoms with E-state index < -0.39 is 0 Å². The number of aromatic nitrogens is 1. The summed E-state index contributed by atoms with van der Waals surface area (Å²) in [6.45, 7) is 7.22. The van der Waals surface area contributed by atoms with E-state index in [1.807, 2.05) is 12.1 Å². The molecule has 0 aliphatic heterocycles. The summed E-state index contributed by atoms with van der Waals surface area (Å²) in [5, 5.41) is 0.578. The third-order valence-corrected chi connectivity index (χ3v) is 5.32. The molecule has 1 heterocycles. The summed E-state index contributed by atoms with van der Waals surface area (Å²) in [6.07, 6.45) is 4.48. The smallest absolute Gasteiger partial charge is 0.180 e. The van der Waals surface area contributed by atoms with Gasteiger partial charge >= 0.3 is 0 Å². The predicted octanol–water partition coefficient (Wildman–Crippen LogP) is 4.63. The SMILES string of the molecule is COc1cc(-c2nc(N)sc2CCCCC(C)(C)C)c(OC)cc1CN. The largest absolute Gasteiger partial charge is 0.496 e. The molecule has 0 saturated heterocycles. The Bertz CT molecular complexity index is 735. The van der Waals surface area contributed by atoms with Crippen molar-refractivity contribution < 1.29 is 9.47 Å². The summed E-state index contributed by atoms with van der Waals surface area (Å²) in [6, 6.07) is 3.88. The zero-order chi connectivity index (χ0) is 19.3. The van der Waals surface area contributed by atoms with Gasteiger partial charge in [0.1, 0.15) is 11.5 Å². The average molecular weight is 378 g/mol. The molecule has 0 fully saturated rings. The molecular weight excluding hydrogens is 346 g/mol. The average Bonchev–Trinajstić information content (AvgIpc) is 2.97. The fourth-order valence-corrected chi connectivity index (χ4v) is 3.88. The Labute approximate surface area is 160 Å². The number of ether oxygens (including phenoxy) is 2. The van der Waals surface area contributed by atoms with E-state index in [1.54, 1.807) is 25.6 Å². The van der Waals surface area contributed by atoms with E-state index in [0.717, 1.165) is 41.2 Å². The molecule has 0 bridgehead atoms. The maximum atomic E-state index is 6.02. The van der Waals surface area contributed by atoms with Gasteiger partial charge in [-0.1, -0.05) is 27.2 Å². The monoisotopic (exact) mass is 377 g/mol. The molecule has 5 nitrogen and oxygen atoms in total. The number of anilines is 1. The molecule has 0 radical (unpaired) electrons. The second-order valence-electron chi connectivity index (χ2n) is 7.66. The van der Waals surface area contributed by atoms with Crippen LogP contribution in [0, 0.1) is 5.41 Å². The molecule has 0 amide bonds. The molecule has 26 heavy (non-hydrogen) atoms. The topological polar surface area (TPSA) is 83.4 Å². The van der Waals surface area contributed by atoms with Gasteiger partial charge in [0.2, 0.25) is 0 Å². The first-order valence-electron chi connectivity index (χ1n) is 8.99. The van der Waals surface area contributed by atoms with Crippen molar-refractivity contribution in [2.45, 2.75) is 53.0 Å². The van der Waals surface area contributed by atoms with E-state index in [4.69, 9.17) is 20.9 Å². The maximum Gasteiger partial charge on any atom is 0.180 e. The maximum absolute atomic E-state index is 6.02. The van der Waals surface area contributed by atoms with Crippen molar-refractivity contribution in [2.75, 3.05) is 20.0 Å². The summed E-state index contributed by atoms with van der Waals surface area (Å²) in [4.78, 5) is 5.77. The van der Waals surface area contributed by atoms with Gasteiger partial charge in [-0.15, -0.1) is 11.3 Å². The van der Waals surface area contributed by atoms with Crippen LogP contribution in [-0.2, 0) is 13.0 Å². The first-order valence-corrected chi connectivity index (χ1v) is 9.81. The predicted molar refractivity (Wildman–Crippen MR) is 110 cm³/mol. The summed E-state index contributed by atoms with van der Waals surface area (Å²) in [5.41, 5.74) is 14.9. The Morgan fingerprint density at radius 2 is 1.77 bits per heavy atom. The van der Waals surface area contributed by atoms with Crippen LogP contribution in [0.3, 0.4) is 0 Å². The molecular formula is C20H31N3O2S. The van der Waals surface area contributed by atoms with Gasteiger partial charge in [0.15, 0.2) is 5.13 Å². The molecule has 2 rings (SSSR count). The Hall–Kier alpha value is -1.79. The standard InChI is InChI=1S/C20H31N3O2S/c1-20(2,3)9-7-6-8-17-18(23-19(22)26-17)14-11-15(24-4)13(12-21)10-16(14)25-5/h10-11H,6-9,12,21H2,1-5H3,(H2,22,23). The van der Waals surface area contributed by atoms with Crippen LogP contribution < -0.4 is 20.9 Å². The van der Waals surface area contributed by atoms with Gasteiger partial charge in [0.25, 0.3) is 0 Å². The minimum Gasteiger partial charge on any atom is -0.496 e. The van der Waals surface area contributed by atoms with Crippen LogP contribution in [0.4, 0.5) is 5.13 Å². The Balaban J connectivity index is 2.31.